The van der Waals surface area contributed by atoms with E-state index in [0.717, 1.165) is 55.1 Å². The molecule has 1 unspecified atom stereocenters. The lowest BCUT2D eigenvalue weighted by atomic mass is 10.2. The molecule has 1 aliphatic heterocycles. The van der Waals surface area contributed by atoms with Gasteiger partial charge in [-0.2, -0.15) is 11.8 Å². The molecule has 1 fully saturated rings. The number of anilines is 2. The van der Waals surface area contributed by atoms with E-state index in [4.69, 9.17) is 0 Å². The lowest BCUT2D eigenvalue weighted by molar-refractivity contribution is 0.676. The van der Waals surface area contributed by atoms with Gasteiger partial charge in [0, 0.05) is 30.8 Å². The second-order valence-electron chi connectivity index (χ2n) is 5.60. The molecule has 2 rings (SSSR count). The summed E-state index contributed by atoms with van der Waals surface area (Å²) < 4.78 is 0. The third kappa shape index (κ3) is 5.73. The molecule has 1 aliphatic rings. The predicted octanol–water partition coefficient (Wildman–Crippen LogP) is 3.95. The van der Waals surface area contributed by atoms with E-state index in [0.29, 0.717) is 0 Å². The number of nitrogens with zero attached hydrogens (tertiary/aromatic N) is 2. The molecule has 21 heavy (non-hydrogen) atoms. The maximum absolute atomic E-state index is 4.64. The van der Waals surface area contributed by atoms with Crippen molar-refractivity contribution in [2.24, 2.45) is 0 Å². The molecule has 0 amide bonds. The highest BCUT2D eigenvalue weighted by atomic mass is 32.2. The van der Waals surface area contributed by atoms with E-state index in [1.165, 1.54) is 25.0 Å². The lowest BCUT2D eigenvalue weighted by Crippen LogP contribution is -2.21. The summed E-state index contributed by atoms with van der Waals surface area (Å²) in [5.74, 6) is 4.17. The van der Waals surface area contributed by atoms with Crippen LogP contribution in [0.1, 0.15) is 51.8 Å². The van der Waals surface area contributed by atoms with Crippen molar-refractivity contribution >= 4 is 23.4 Å². The molecule has 2 heterocycles. The third-order valence-electron chi connectivity index (χ3n) is 3.59. The highest BCUT2D eigenvalue weighted by Gasteiger charge is 2.14. The maximum atomic E-state index is 4.64. The summed E-state index contributed by atoms with van der Waals surface area (Å²) >= 11 is 2.09. The highest BCUT2D eigenvalue weighted by Crippen LogP contribution is 2.25. The normalized spacial score (nSPS) is 18.5. The zero-order valence-corrected chi connectivity index (χ0v) is 14.1. The fraction of sp³-hybridized carbons (Fsp3) is 0.750. The van der Waals surface area contributed by atoms with Crippen LogP contribution < -0.4 is 10.6 Å². The van der Waals surface area contributed by atoms with Crippen molar-refractivity contribution in [3.05, 3.63) is 11.9 Å². The van der Waals surface area contributed by atoms with Crippen molar-refractivity contribution in [1.82, 2.24) is 9.97 Å². The van der Waals surface area contributed by atoms with Crippen LogP contribution in [0.2, 0.25) is 0 Å². The molecule has 1 aromatic rings. The maximum Gasteiger partial charge on any atom is 0.133 e. The topological polar surface area (TPSA) is 49.8 Å². The van der Waals surface area contributed by atoms with Gasteiger partial charge in [0.1, 0.15) is 17.5 Å². The van der Waals surface area contributed by atoms with Gasteiger partial charge in [-0.15, -0.1) is 0 Å². The number of aryl methyl sites for hydroxylation is 1. The minimum atomic E-state index is 0.732. The molecule has 0 spiro atoms. The zero-order chi connectivity index (χ0) is 14.9. The Morgan fingerprint density at radius 1 is 1.14 bits per heavy atom. The second-order valence-corrected chi connectivity index (χ2v) is 7.01. The first-order valence-corrected chi connectivity index (χ1v) is 9.34. The van der Waals surface area contributed by atoms with Gasteiger partial charge in [-0.25, -0.2) is 9.97 Å². The van der Waals surface area contributed by atoms with E-state index >= 15 is 0 Å². The Hall–Kier alpha value is -0.970. The fourth-order valence-electron chi connectivity index (χ4n) is 2.45. The van der Waals surface area contributed by atoms with E-state index in [2.05, 4.69) is 46.2 Å². The minimum Gasteiger partial charge on any atom is -0.370 e. The van der Waals surface area contributed by atoms with Crippen molar-refractivity contribution in [2.75, 3.05) is 29.5 Å². The van der Waals surface area contributed by atoms with E-state index in [1.807, 2.05) is 6.07 Å². The predicted molar refractivity (Wildman–Crippen MR) is 93.4 cm³/mol. The molecule has 0 radical (unpaired) electrons. The molecular weight excluding hydrogens is 280 g/mol. The van der Waals surface area contributed by atoms with Crippen molar-refractivity contribution < 1.29 is 0 Å². The van der Waals surface area contributed by atoms with Crippen LogP contribution >= 0.6 is 11.8 Å². The van der Waals surface area contributed by atoms with E-state index in [9.17, 15) is 0 Å². The molecule has 1 saturated heterocycles. The first-order chi connectivity index (χ1) is 10.3. The third-order valence-corrected chi connectivity index (χ3v) is 4.99. The van der Waals surface area contributed by atoms with Gasteiger partial charge in [-0.1, -0.05) is 20.3 Å². The molecular formula is C16H28N4S. The Kier molecular flexibility index (Phi) is 7.13. The summed E-state index contributed by atoms with van der Waals surface area (Å²) in [6.45, 7) is 6.31. The van der Waals surface area contributed by atoms with Crippen molar-refractivity contribution in [3.8, 4) is 0 Å². The molecule has 118 valence electrons. The van der Waals surface area contributed by atoms with Crippen LogP contribution in [0.5, 0.6) is 0 Å². The summed E-state index contributed by atoms with van der Waals surface area (Å²) in [6.07, 6.45) is 7.19. The van der Waals surface area contributed by atoms with Gasteiger partial charge in [0.25, 0.3) is 0 Å². The summed E-state index contributed by atoms with van der Waals surface area (Å²) in [6, 6.07) is 2.04. The van der Waals surface area contributed by atoms with E-state index < -0.39 is 0 Å². The number of nitrogens with one attached hydrogen (secondary N) is 2. The zero-order valence-electron chi connectivity index (χ0n) is 13.3. The number of aromatic nitrogens is 2. The molecule has 1 aromatic heterocycles. The molecule has 0 saturated carbocycles. The lowest BCUT2D eigenvalue weighted by Gasteiger charge is -2.22. The van der Waals surface area contributed by atoms with Gasteiger partial charge in [0.05, 0.1) is 0 Å². The number of hydrogen-bond donors (Lipinski definition) is 2. The van der Waals surface area contributed by atoms with Crippen LogP contribution in [0.3, 0.4) is 0 Å². The van der Waals surface area contributed by atoms with Gasteiger partial charge in [0.2, 0.25) is 0 Å². The quantitative estimate of drug-likeness (QED) is 0.761. The van der Waals surface area contributed by atoms with Crippen LogP contribution in [0.15, 0.2) is 6.07 Å². The molecule has 2 N–H and O–H groups in total. The van der Waals surface area contributed by atoms with Crippen molar-refractivity contribution in [2.45, 2.75) is 57.6 Å². The summed E-state index contributed by atoms with van der Waals surface area (Å²) in [7, 11) is 0. The average Bonchev–Trinajstić information content (AvgIpc) is 2.52. The Bertz CT molecular complexity index is 419. The van der Waals surface area contributed by atoms with Gasteiger partial charge < -0.3 is 10.6 Å². The number of hydrogen-bond acceptors (Lipinski definition) is 5. The molecule has 4 nitrogen and oxygen atoms in total. The minimum absolute atomic E-state index is 0.732. The average molecular weight is 308 g/mol. The van der Waals surface area contributed by atoms with E-state index in [1.54, 1.807) is 0 Å². The monoisotopic (exact) mass is 308 g/mol. The molecule has 0 aromatic carbocycles. The van der Waals surface area contributed by atoms with Crippen molar-refractivity contribution in [1.29, 1.82) is 0 Å². The van der Waals surface area contributed by atoms with Crippen molar-refractivity contribution in [3.63, 3.8) is 0 Å². The summed E-state index contributed by atoms with van der Waals surface area (Å²) in [5.41, 5.74) is 0. The fourth-order valence-corrected chi connectivity index (χ4v) is 3.69. The molecule has 1 atom stereocenters. The van der Waals surface area contributed by atoms with Gasteiger partial charge in [-0.05, 0) is 31.4 Å². The number of thioether (sulfide) groups is 1. The van der Waals surface area contributed by atoms with Gasteiger partial charge >= 0.3 is 0 Å². The Morgan fingerprint density at radius 3 is 2.62 bits per heavy atom. The van der Waals surface area contributed by atoms with Crippen LogP contribution in [-0.4, -0.2) is 34.1 Å². The first-order valence-electron chi connectivity index (χ1n) is 8.29. The van der Waals surface area contributed by atoms with Crippen LogP contribution in [0.25, 0.3) is 0 Å². The Balaban J connectivity index is 1.96. The van der Waals surface area contributed by atoms with Gasteiger partial charge in [-0.3, -0.25) is 0 Å². The highest BCUT2D eigenvalue weighted by molar-refractivity contribution is 7.99. The van der Waals surface area contributed by atoms with Crippen LogP contribution in [-0.2, 0) is 6.42 Å². The molecule has 0 bridgehead atoms. The Morgan fingerprint density at radius 2 is 1.95 bits per heavy atom. The molecule has 5 heteroatoms. The summed E-state index contributed by atoms with van der Waals surface area (Å²) in [4.78, 5) is 9.23. The summed E-state index contributed by atoms with van der Waals surface area (Å²) in [5, 5.41) is 7.63. The number of rotatable bonds is 8. The smallest absolute Gasteiger partial charge is 0.133 e. The van der Waals surface area contributed by atoms with Crippen LogP contribution in [0, 0.1) is 0 Å². The van der Waals surface area contributed by atoms with Crippen LogP contribution in [0.4, 0.5) is 11.6 Å². The van der Waals surface area contributed by atoms with E-state index in [-0.39, 0.29) is 0 Å². The standard InChI is InChI=1S/C16H28N4S/c1-3-7-14-19-15(17-9-4-2)11-16(20-14)18-12-13-8-5-6-10-21-13/h11,13H,3-10,12H2,1-2H3,(H2,17,18,19,20). The first kappa shape index (κ1) is 16.4. The Labute approximate surface area is 132 Å². The largest absolute Gasteiger partial charge is 0.370 e. The molecule has 0 aliphatic carbocycles. The van der Waals surface area contributed by atoms with Gasteiger partial charge in [0.15, 0.2) is 0 Å². The SMILES string of the molecule is CCCNc1cc(NCC2CCCCS2)nc(CCC)n1. The second kappa shape index (κ2) is 9.13.